The van der Waals surface area contributed by atoms with Gasteiger partial charge in [-0.05, 0) is 72.6 Å². The van der Waals surface area contributed by atoms with E-state index in [1.54, 1.807) is 38.1 Å². The first-order chi connectivity index (χ1) is 25.2. The number of carbonyl (C=O) groups excluding carboxylic acids is 5. The van der Waals surface area contributed by atoms with Gasteiger partial charge in [-0.3, -0.25) is 9.59 Å². The van der Waals surface area contributed by atoms with E-state index in [-0.39, 0.29) is 38.0 Å². The number of carboxylic acids is 1. The number of fused-ring (bicyclic) bond motifs is 3. The Balaban J connectivity index is 1.36. The Hall–Kier alpha value is -6.12. The smallest absolute Gasteiger partial charge is 0.408 e. The average Bonchev–Trinajstić information content (AvgIpc) is 3.43. The van der Waals surface area contributed by atoms with Crippen LogP contribution in [0.15, 0.2) is 72.8 Å². The topological polar surface area (TPSA) is 227 Å². The first-order valence-corrected chi connectivity index (χ1v) is 17.2. The van der Waals surface area contributed by atoms with Gasteiger partial charge in [0.25, 0.3) is 0 Å². The number of amides is 6. The van der Waals surface area contributed by atoms with E-state index in [4.69, 9.17) is 20.3 Å². The molecule has 4 rings (SSSR count). The predicted molar refractivity (Wildman–Crippen MR) is 196 cm³/mol. The molecule has 2 atom stereocenters. The molecule has 3 aromatic rings. The number of hydrogen-bond acceptors (Lipinski definition) is 8. The third kappa shape index (κ3) is 10.9. The minimum Gasteiger partial charge on any atom is -0.480 e. The summed E-state index contributed by atoms with van der Waals surface area (Å²) in [5.41, 5.74) is 8.85. The van der Waals surface area contributed by atoms with Gasteiger partial charge in [0, 0.05) is 18.2 Å². The molecule has 0 unspecified atom stereocenters. The lowest BCUT2D eigenvalue weighted by molar-refractivity contribution is -0.143. The number of alkyl carbamates (subject to hydrolysis) is 2. The lowest BCUT2D eigenvalue weighted by Gasteiger charge is -2.25. The molecule has 1 aliphatic rings. The lowest BCUT2D eigenvalue weighted by Crippen LogP contribution is -2.54. The molecule has 15 heteroatoms. The van der Waals surface area contributed by atoms with Crippen LogP contribution in [0.3, 0.4) is 0 Å². The van der Waals surface area contributed by atoms with Crippen molar-refractivity contribution in [1.82, 2.24) is 21.3 Å². The number of carbonyl (C=O) groups is 6. The van der Waals surface area contributed by atoms with Crippen molar-refractivity contribution in [3.8, 4) is 11.1 Å². The van der Waals surface area contributed by atoms with Crippen LogP contribution in [0.4, 0.5) is 20.1 Å². The maximum Gasteiger partial charge on any atom is 0.408 e. The number of hydrogen-bond donors (Lipinski definition) is 7. The quantitative estimate of drug-likeness (QED) is 0.105. The molecule has 1 aliphatic carbocycles. The van der Waals surface area contributed by atoms with Crippen LogP contribution < -0.4 is 32.3 Å². The molecule has 53 heavy (non-hydrogen) atoms. The normalized spacial score (nSPS) is 13.1. The summed E-state index contributed by atoms with van der Waals surface area (Å²) in [7, 11) is 0. The van der Waals surface area contributed by atoms with E-state index in [1.165, 1.54) is 13.8 Å². The Morgan fingerprint density at radius 2 is 1.42 bits per heavy atom. The molecule has 6 amide bonds. The number of nitrogens with two attached hydrogens (primary N) is 1. The fourth-order valence-electron chi connectivity index (χ4n) is 5.76. The second kappa shape index (κ2) is 17.9. The number of benzene rings is 3. The van der Waals surface area contributed by atoms with Gasteiger partial charge >= 0.3 is 24.2 Å². The number of aliphatic carboxylic acids is 1. The average molecular weight is 731 g/mol. The van der Waals surface area contributed by atoms with Gasteiger partial charge in [-0.15, -0.1) is 0 Å². The molecule has 0 saturated heterocycles. The van der Waals surface area contributed by atoms with Gasteiger partial charge in [-0.2, -0.15) is 0 Å². The third-order valence-electron chi connectivity index (χ3n) is 8.71. The van der Waals surface area contributed by atoms with Crippen LogP contribution in [0.1, 0.15) is 63.1 Å². The van der Waals surface area contributed by atoms with Crippen LogP contribution >= 0.6 is 0 Å². The van der Waals surface area contributed by atoms with E-state index in [1.807, 2.05) is 48.5 Å². The van der Waals surface area contributed by atoms with Crippen LogP contribution in [0.2, 0.25) is 0 Å². The van der Waals surface area contributed by atoms with E-state index < -0.39 is 53.6 Å². The second-order valence-electron chi connectivity index (χ2n) is 13.5. The van der Waals surface area contributed by atoms with Crippen molar-refractivity contribution < 1.29 is 43.3 Å². The zero-order valence-electron chi connectivity index (χ0n) is 30.1. The van der Waals surface area contributed by atoms with E-state index in [0.29, 0.717) is 17.7 Å². The fraction of sp³-hybridized carbons (Fsp3) is 0.368. The van der Waals surface area contributed by atoms with Crippen LogP contribution in [0.5, 0.6) is 0 Å². The maximum absolute atomic E-state index is 13.6. The SMILES string of the molecule is CC(C)[C@@H](NC(=O)OCC1c2ccccc2-c2ccccc21)C(=O)N[C@@H](CCCNC(N)=O)C(=O)Nc1ccc(COC(=O)NC(C)(C)C(=O)O)cc1. The molecule has 0 saturated carbocycles. The highest BCUT2D eigenvalue weighted by atomic mass is 16.6. The number of ether oxygens (including phenoxy) is 2. The number of carboxylic acid groups (broad SMARTS) is 1. The zero-order valence-corrected chi connectivity index (χ0v) is 30.1. The van der Waals surface area contributed by atoms with Gasteiger partial charge in [0.05, 0.1) is 0 Å². The van der Waals surface area contributed by atoms with Gasteiger partial charge in [-0.1, -0.05) is 74.5 Å². The number of primary amides is 1. The largest absolute Gasteiger partial charge is 0.480 e. The summed E-state index contributed by atoms with van der Waals surface area (Å²) >= 11 is 0. The Kier molecular flexibility index (Phi) is 13.4. The molecule has 0 aliphatic heterocycles. The summed E-state index contributed by atoms with van der Waals surface area (Å²) in [5.74, 6) is -2.92. The molecular formula is C38H46N6O9. The number of urea groups is 1. The monoisotopic (exact) mass is 730 g/mol. The summed E-state index contributed by atoms with van der Waals surface area (Å²) in [4.78, 5) is 74.5. The minimum atomic E-state index is -1.52. The Morgan fingerprint density at radius 1 is 0.811 bits per heavy atom. The highest BCUT2D eigenvalue weighted by Gasteiger charge is 2.32. The van der Waals surface area contributed by atoms with E-state index in [0.717, 1.165) is 22.3 Å². The van der Waals surface area contributed by atoms with Crippen molar-refractivity contribution in [2.75, 3.05) is 18.5 Å². The van der Waals surface area contributed by atoms with Crippen LogP contribution in [0.25, 0.3) is 11.1 Å². The molecular weight excluding hydrogens is 684 g/mol. The van der Waals surface area contributed by atoms with Crippen molar-refractivity contribution in [1.29, 1.82) is 0 Å². The van der Waals surface area contributed by atoms with Crippen molar-refractivity contribution >= 4 is 41.7 Å². The molecule has 15 nitrogen and oxygen atoms in total. The van der Waals surface area contributed by atoms with Crippen molar-refractivity contribution in [3.05, 3.63) is 89.5 Å². The number of rotatable bonds is 16. The summed E-state index contributed by atoms with van der Waals surface area (Å²) in [6.07, 6.45) is -1.27. The van der Waals surface area contributed by atoms with Crippen LogP contribution in [0, 0.1) is 5.92 Å². The molecule has 0 radical (unpaired) electrons. The summed E-state index contributed by atoms with van der Waals surface area (Å²) in [5, 5.41) is 22.0. The van der Waals surface area contributed by atoms with Crippen LogP contribution in [-0.4, -0.2) is 71.9 Å². The maximum atomic E-state index is 13.6. The summed E-state index contributed by atoms with van der Waals surface area (Å²) in [6.45, 7) is 6.21. The molecule has 3 aromatic carbocycles. The van der Waals surface area contributed by atoms with Gasteiger partial charge < -0.3 is 46.9 Å². The molecule has 282 valence electrons. The molecule has 0 spiro atoms. The Bertz CT molecular complexity index is 1770. The predicted octanol–water partition coefficient (Wildman–Crippen LogP) is 4.21. The Labute approximate surface area is 307 Å². The van der Waals surface area contributed by atoms with Crippen molar-refractivity contribution in [3.63, 3.8) is 0 Å². The standard InChI is InChI=1S/C38H46N6O9/c1-22(2)31(43-36(50)53-21-29-27-12-7-5-10-25(27)26-11-6-8-13-28(26)29)33(46)42-30(14-9-19-40-35(39)49)32(45)41-24-17-15-23(16-18-24)20-52-37(51)44-38(3,4)34(47)48/h5-8,10-13,15-18,22,29-31H,9,14,19-21H2,1-4H3,(H,41,45)(H,42,46)(H,43,50)(H,44,51)(H,47,48)(H3,39,40,49)/t30-,31+/m0/s1. The number of anilines is 1. The minimum absolute atomic E-state index is 0.0607. The molecule has 0 fully saturated rings. The molecule has 0 heterocycles. The zero-order chi connectivity index (χ0) is 38.7. The highest BCUT2D eigenvalue weighted by molar-refractivity contribution is 5.98. The Morgan fingerprint density at radius 3 is 1.98 bits per heavy atom. The van der Waals surface area contributed by atoms with Gasteiger partial charge in [0.1, 0.15) is 30.8 Å². The first-order valence-electron chi connectivity index (χ1n) is 17.2. The van der Waals surface area contributed by atoms with Gasteiger partial charge in [-0.25, -0.2) is 19.2 Å². The first kappa shape index (κ1) is 39.7. The van der Waals surface area contributed by atoms with Crippen molar-refractivity contribution in [2.45, 2.75) is 70.7 Å². The lowest BCUT2D eigenvalue weighted by atomic mass is 9.98. The number of nitrogens with one attached hydrogen (secondary N) is 5. The molecule has 0 bridgehead atoms. The molecule has 0 aromatic heterocycles. The second-order valence-corrected chi connectivity index (χ2v) is 13.5. The van der Waals surface area contributed by atoms with Crippen LogP contribution in [-0.2, 0) is 30.5 Å². The summed E-state index contributed by atoms with van der Waals surface area (Å²) in [6, 6.07) is 19.4. The summed E-state index contributed by atoms with van der Waals surface area (Å²) < 4.78 is 10.8. The fourth-order valence-corrected chi connectivity index (χ4v) is 5.76. The van der Waals surface area contributed by atoms with Gasteiger partial charge in [0.15, 0.2) is 0 Å². The van der Waals surface area contributed by atoms with Gasteiger partial charge in [0.2, 0.25) is 11.8 Å². The third-order valence-corrected chi connectivity index (χ3v) is 8.71. The highest BCUT2D eigenvalue weighted by Crippen LogP contribution is 2.44. The molecule has 8 N–H and O–H groups in total. The van der Waals surface area contributed by atoms with Crippen molar-refractivity contribution in [2.24, 2.45) is 11.7 Å². The van der Waals surface area contributed by atoms with E-state index >= 15 is 0 Å². The van der Waals surface area contributed by atoms with E-state index in [9.17, 15) is 28.8 Å². The van der Waals surface area contributed by atoms with E-state index in [2.05, 4.69) is 26.6 Å².